The van der Waals surface area contributed by atoms with E-state index < -0.39 is 64.7 Å². The van der Waals surface area contributed by atoms with Gasteiger partial charge in [-0.25, -0.2) is 22.5 Å². The Labute approximate surface area is 246 Å². The molecule has 1 aliphatic carbocycles. The second kappa shape index (κ2) is 11.3. The molecule has 43 heavy (non-hydrogen) atoms. The lowest BCUT2D eigenvalue weighted by atomic mass is 9.87. The van der Waals surface area contributed by atoms with E-state index in [9.17, 15) is 36.4 Å². The molecule has 14 heteroatoms. The monoisotopic (exact) mass is 612 g/mol. The lowest BCUT2D eigenvalue weighted by Gasteiger charge is -2.39. The summed E-state index contributed by atoms with van der Waals surface area (Å²) in [6.45, 7) is 1.33. The molecule has 0 radical (unpaired) electrons. The number of nitriles is 1. The molecule has 224 valence electrons. The highest BCUT2D eigenvalue weighted by Crippen LogP contribution is 2.39. The van der Waals surface area contributed by atoms with Crippen LogP contribution in [0, 0.1) is 24.1 Å². The summed E-state index contributed by atoms with van der Waals surface area (Å²) in [7, 11) is -3.06. The maximum Gasteiger partial charge on any atom is 0.305 e. The number of benzene rings is 2. The van der Waals surface area contributed by atoms with Crippen molar-refractivity contribution in [3.05, 3.63) is 89.4 Å². The molecule has 2 aromatic carbocycles. The van der Waals surface area contributed by atoms with E-state index in [4.69, 9.17) is 0 Å². The van der Waals surface area contributed by atoms with Gasteiger partial charge in [0, 0.05) is 44.4 Å². The number of amides is 2. The minimum atomic E-state index is -4.32. The van der Waals surface area contributed by atoms with Crippen LogP contribution in [0.1, 0.15) is 35.6 Å². The van der Waals surface area contributed by atoms with Crippen LogP contribution < -0.4 is 14.5 Å². The van der Waals surface area contributed by atoms with E-state index in [2.05, 4.69) is 10.3 Å². The van der Waals surface area contributed by atoms with Crippen molar-refractivity contribution < 1.29 is 31.2 Å². The highest BCUT2D eigenvalue weighted by atomic mass is 32.2. The molecule has 1 aliphatic heterocycles. The Morgan fingerprint density at radius 1 is 1.14 bits per heavy atom. The van der Waals surface area contributed by atoms with Crippen LogP contribution in [0.4, 0.5) is 24.7 Å². The summed E-state index contributed by atoms with van der Waals surface area (Å²) in [6.07, 6.45) is 0.0759. The minimum absolute atomic E-state index is 0.0574. The highest BCUT2D eigenvalue weighted by Gasteiger charge is 2.51. The number of aromatic nitrogens is 1. The average Bonchev–Trinajstić information content (AvgIpc) is 3.19. The predicted octanol–water partition coefficient (Wildman–Crippen LogP) is 3.45. The number of carbonyl (C=O) groups is 2. The Balaban J connectivity index is 1.65. The fourth-order valence-electron chi connectivity index (χ4n) is 5.31. The van der Waals surface area contributed by atoms with Crippen LogP contribution in [-0.2, 0) is 19.8 Å². The number of hydrogen-bond donors (Lipinski definition) is 1. The van der Waals surface area contributed by atoms with Crippen LogP contribution in [0.3, 0.4) is 0 Å². The molecule has 1 N–H and O–H groups in total. The second-order valence-corrected chi connectivity index (χ2v) is 12.4. The zero-order valence-electron chi connectivity index (χ0n) is 23.1. The third-order valence-corrected chi connectivity index (χ3v) is 9.37. The first-order valence-corrected chi connectivity index (χ1v) is 14.7. The second-order valence-electron chi connectivity index (χ2n) is 10.5. The predicted molar refractivity (Wildman–Crippen MR) is 151 cm³/mol. The summed E-state index contributed by atoms with van der Waals surface area (Å²) in [5.74, 6) is -5.55. The summed E-state index contributed by atoms with van der Waals surface area (Å²) in [5, 5.41) is 12.0. The Kier molecular flexibility index (Phi) is 7.89. The van der Waals surface area contributed by atoms with Gasteiger partial charge in [0.15, 0.2) is 0 Å². The molecule has 1 saturated heterocycles. The molecular weight excluding hydrogens is 585 g/mol. The molecule has 10 nitrogen and oxygen atoms in total. The molecular formula is C29H27F3N6O4S. The van der Waals surface area contributed by atoms with Gasteiger partial charge in [0.2, 0.25) is 5.91 Å². The molecule has 0 spiro atoms. The summed E-state index contributed by atoms with van der Waals surface area (Å²) in [5.41, 5.74) is 0.941. The molecule has 1 saturated carbocycles. The van der Waals surface area contributed by atoms with Gasteiger partial charge in [-0.05, 0) is 48.4 Å². The Morgan fingerprint density at radius 3 is 2.51 bits per heavy atom. The van der Waals surface area contributed by atoms with Gasteiger partial charge in [0.05, 0.1) is 11.6 Å². The molecule has 0 bridgehead atoms. The van der Waals surface area contributed by atoms with E-state index >= 15 is 0 Å². The minimum Gasteiger partial charge on any atom is -0.351 e. The van der Waals surface area contributed by atoms with Crippen molar-refractivity contribution in [3.63, 3.8) is 0 Å². The number of hydrogen-bond acceptors (Lipinski definition) is 6. The quantitative estimate of drug-likeness (QED) is 0.436. The van der Waals surface area contributed by atoms with E-state index in [1.165, 1.54) is 37.5 Å². The number of halogens is 3. The summed E-state index contributed by atoms with van der Waals surface area (Å²) >= 11 is 0. The molecule has 2 aliphatic rings. The smallest absolute Gasteiger partial charge is 0.305 e. The lowest BCUT2D eigenvalue weighted by molar-refractivity contribution is -0.133. The number of pyridine rings is 1. The van der Waals surface area contributed by atoms with Crippen molar-refractivity contribution >= 4 is 33.5 Å². The van der Waals surface area contributed by atoms with E-state index in [1.54, 1.807) is 31.2 Å². The molecule has 3 aromatic rings. The van der Waals surface area contributed by atoms with Gasteiger partial charge < -0.3 is 5.32 Å². The topological polar surface area (TPSA) is 127 Å². The Hall–Kier alpha value is -4.48. The van der Waals surface area contributed by atoms with Gasteiger partial charge in [0.1, 0.15) is 23.7 Å². The number of nitrogens with one attached hydrogen (secondary N) is 1. The van der Waals surface area contributed by atoms with Crippen molar-refractivity contribution in [2.75, 3.05) is 22.8 Å². The fourth-order valence-corrected chi connectivity index (χ4v) is 6.76. The number of rotatable bonds is 7. The van der Waals surface area contributed by atoms with Crippen LogP contribution in [-0.4, -0.2) is 61.1 Å². The zero-order chi connectivity index (χ0) is 31.1. The van der Waals surface area contributed by atoms with Crippen LogP contribution in [0.15, 0.2) is 66.9 Å². The van der Waals surface area contributed by atoms with Gasteiger partial charge in [-0.3, -0.25) is 14.5 Å². The van der Waals surface area contributed by atoms with Crippen molar-refractivity contribution in [2.45, 2.75) is 43.8 Å². The van der Waals surface area contributed by atoms with Crippen molar-refractivity contribution in [2.24, 2.45) is 0 Å². The first kappa shape index (κ1) is 30.0. The Bertz CT molecular complexity index is 1720. The summed E-state index contributed by atoms with van der Waals surface area (Å²) < 4.78 is 70.5. The summed E-state index contributed by atoms with van der Waals surface area (Å²) in [6, 6.07) is 12.2. The van der Waals surface area contributed by atoms with Crippen molar-refractivity contribution in [1.82, 2.24) is 14.6 Å². The lowest BCUT2D eigenvalue weighted by Crippen LogP contribution is -2.56. The van der Waals surface area contributed by atoms with Crippen LogP contribution in [0.5, 0.6) is 0 Å². The average molecular weight is 613 g/mol. The molecule has 2 atom stereocenters. The van der Waals surface area contributed by atoms with Crippen molar-refractivity contribution in [3.8, 4) is 6.07 Å². The maximum absolute atomic E-state index is 14.6. The molecule has 0 unspecified atom stereocenters. The normalized spacial score (nSPS) is 20.1. The first-order chi connectivity index (χ1) is 20.3. The van der Waals surface area contributed by atoms with E-state index in [1.807, 2.05) is 6.07 Å². The van der Waals surface area contributed by atoms with Gasteiger partial charge >= 0.3 is 10.2 Å². The van der Waals surface area contributed by atoms with Gasteiger partial charge in [0.25, 0.3) is 11.8 Å². The largest absolute Gasteiger partial charge is 0.351 e. The number of nitrogens with zero attached hydrogens (tertiary/aromatic N) is 5. The zero-order valence-corrected chi connectivity index (χ0v) is 23.9. The van der Waals surface area contributed by atoms with Crippen LogP contribution in [0.2, 0.25) is 0 Å². The van der Waals surface area contributed by atoms with E-state index in [-0.39, 0.29) is 23.6 Å². The van der Waals surface area contributed by atoms with Gasteiger partial charge in [-0.1, -0.05) is 30.3 Å². The van der Waals surface area contributed by atoms with E-state index in [0.717, 1.165) is 25.6 Å². The number of anilines is 2. The number of aryl methyl sites for hydroxylation is 1. The van der Waals surface area contributed by atoms with Gasteiger partial charge in [-0.15, -0.1) is 0 Å². The molecule has 2 amide bonds. The maximum atomic E-state index is 14.6. The molecule has 5 rings (SSSR count). The Morgan fingerprint density at radius 2 is 1.86 bits per heavy atom. The SMILES string of the molecule is Cc1ccccc1[C@H](C(=O)NC1CC(F)(F)C1)N(C(=O)[C@@H]1CN(C)S(=O)(=O)N1c1cc(C#N)ccn1)c1cccc(F)c1. The third-order valence-electron chi connectivity index (χ3n) is 7.49. The number of alkyl halides is 2. The highest BCUT2D eigenvalue weighted by molar-refractivity contribution is 7.90. The van der Waals surface area contributed by atoms with Crippen molar-refractivity contribution in [1.29, 1.82) is 5.26 Å². The van der Waals surface area contributed by atoms with E-state index in [0.29, 0.717) is 11.1 Å². The third kappa shape index (κ3) is 5.78. The molecule has 1 aromatic heterocycles. The number of carbonyl (C=O) groups excluding carboxylic acids is 2. The summed E-state index contributed by atoms with van der Waals surface area (Å²) in [4.78, 5) is 33.6. The van der Waals surface area contributed by atoms with Crippen LogP contribution >= 0.6 is 0 Å². The fraction of sp³-hybridized carbons (Fsp3) is 0.310. The molecule has 2 fully saturated rings. The van der Waals surface area contributed by atoms with Crippen LogP contribution in [0.25, 0.3) is 0 Å². The van der Waals surface area contributed by atoms with Gasteiger partial charge in [-0.2, -0.15) is 18.0 Å². The standard InChI is InChI=1S/C29H27F3N6O4S/c1-18-6-3-4-9-23(18)26(27(39)35-21-14-29(31,32)15-21)37(22-8-5-7-20(30)13-22)28(40)24-17-36(2)43(41,42)38(24)25-12-19(16-33)10-11-34-25/h3-13,21,24,26H,14-15,17H2,1-2H3,(H,35,39)/t24-,26+/m0/s1. The first-order valence-electron chi connectivity index (χ1n) is 13.3. The molecule has 2 heterocycles. The number of likely N-dealkylation sites (N-methyl/N-ethyl adjacent to an activating group) is 1.